The summed E-state index contributed by atoms with van der Waals surface area (Å²) in [6, 6.07) is 4.89. The van der Waals surface area contributed by atoms with Crippen LogP contribution in [0.3, 0.4) is 0 Å². The minimum Gasteiger partial charge on any atom is -0.325 e. The summed E-state index contributed by atoms with van der Waals surface area (Å²) >= 11 is 3.22. The second-order valence-corrected chi connectivity index (χ2v) is 4.40. The van der Waals surface area contributed by atoms with Crippen molar-refractivity contribution in [2.24, 2.45) is 0 Å². The Morgan fingerprint density at radius 2 is 2.06 bits per heavy atom. The van der Waals surface area contributed by atoms with Crippen molar-refractivity contribution in [1.82, 2.24) is 4.90 Å². The molecule has 16 heavy (non-hydrogen) atoms. The first-order valence-corrected chi connectivity index (χ1v) is 5.31. The zero-order chi connectivity index (χ0) is 11.9. The van der Waals surface area contributed by atoms with Crippen LogP contribution in [0.4, 0.5) is 13.2 Å². The van der Waals surface area contributed by atoms with Crippen LogP contribution in [-0.2, 0) is 6.54 Å². The van der Waals surface area contributed by atoms with Crippen molar-refractivity contribution >= 4 is 21.8 Å². The highest BCUT2D eigenvalue weighted by atomic mass is 79.9. The van der Waals surface area contributed by atoms with Gasteiger partial charge < -0.3 is 4.90 Å². The summed E-state index contributed by atoms with van der Waals surface area (Å²) < 4.78 is 37.3. The highest BCUT2D eigenvalue weighted by Crippen LogP contribution is 2.31. The number of amides is 1. The molecular formula is C10H7BrF3NO. The fraction of sp³-hybridized carbons (Fsp3) is 0.300. The van der Waals surface area contributed by atoms with E-state index in [-0.39, 0.29) is 6.54 Å². The van der Waals surface area contributed by atoms with E-state index in [1.54, 1.807) is 18.2 Å². The van der Waals surface area contributed by atoms with Gasteiger partial charge in [-0.25, -0.2) is 0 Å². The Kier molecular flexibility index (Phi) is 2.69. The average molecular weight is 294 g/mol. The summed E-state index contributed by atoms with van der Waals surface area (Å²) in [5.41, 5.74) is 0.968. The van der Waals surface area contributed by atoms with E-state index in [4.69, 9.17) is 0 Å². The van der Waals surface area contributed by atoms with Gasteiger partial charge in [0.2, 0.25) is 0 Å². The summed E-state index contributed by atoms with van der Waals surface area (Å²) in [6.07, 6.45) is -4.36. The van der Waals surface area contributed by atoms with Gasteiger partial charge in [0.05, 0.1) is 0 Å². The quantitative estimate of drug-likeness (QED) is 0.780. The number of nitrogens with zero attached hydrogens (tertiary/aromatic N) is 1. The summed E-state index contributed by atoms with van der Waals surface area (Å²) in [7, 11) is 0. The molecule has 0 unspecified atom stereocenters. The maximum atomic E-state index is 12.2. The summed E-state index contributed by atoms with van der Waals surface area (Å²) in [6.45, 7) is -1.19. The van der Waals surface area contributed by atoms with E-state index >= 15 is 0 Å². The SMILES string of the molecule is O=C1c2cccc(Br)c2CN1CC(F)(F)F. The summed E-state index contributed by atoms with van der Waals surface area (Å²) in [5.74, 6) is -0.561. The zero-order valence-corrected chi connectivity index (χ0v) is 9.60. The molecule has 1 amide bonds. The lowest BCUT2D eigenvalue weighted by Crippen LogP contribution is -2.34. The summed E-state index contributed by atoms with van der Waals surface area (Å²) in [4.78, 5) is 12.4. The minimum absolute atomic E-state index is 0.00903. The molecule has 0 radical (unpaired) electrons. The lowest BCUT2D eigenvalue weighted by Gasteiger charge is -2.17. The highest BCUT2D eigenvalue weighted by Gasteiger charge is 2.37. The third kappa shape index (κ3) is 2.07. The first-order chi connectivity index (χ1) is 7.38. The largest absolute Gasteiger partial charge is 0.406 e. The van der Waals surface area contributed by atoms with Crippen molar-refractivity contribution in [3.8, 4) is 0 Å². The van der Waals surface area contributed by atoms with Crippen LogP contribution >= 0.6 is 15.9 Å². The third-order valence-electron chi connectivity index (χ3n) is 2.36. The van der Waals surface area contributed by atoms with E-state index in [9.17, 15) is 18.0 Å². The summed E-state index contributed by atoms with van der Waals surface area (Å²) in [5, 5.41) is 0. The number of fused-ring (bicyclic) bond motifs is 1. The lowest BCUT2D eigenvalue weighted by atomic mass is 10.1. The normalized spacial score (nSPS) is 15.5. The monoisotopic (exact) mass is 293 g/mol. The number of benzene rings is 1. The van der Waals surface area contributed by atoms with Crippen molar-refractivity contribution in [2.75, 3.05) is 6.54 Å². The predicted octanol–water partition coefficient (Wildman–Crippen LogP) is 2.97. The minimum atomic E-state index is -4.36. The lowest BCUT2D eigenvalue weighted by molar-refractivity contribution is -0.140. The van der Waals surface area contributed by atoms with Crippen molar-refractivity contribution < 1.29 is 18.0 Å². The Labute approximate surface area is 98.2 Å². The van der Waals surface area contributed by atoms with Crippen molar-refractivity contribution in [3.63, 3.8) is 0 Å². The number of hydrogen-bond donors (Lipinski definition) is 0. The van der Waals surface area contributed by atoms with Gasteiger partial charge in [-0.05, 0) is 17.7 Å². The average Bonchev–Trinajstić information content (AvgIpc) is 2.44. The number of hydrogen-bond acceptors (Lipinski definition) is 1. The Morgan fingerprint density at radius 1 is 1.38 bits per heavy atom. The van der Waals surface area contributed by atoms with E-state index in [1.165, 1.54) is 0 Å². The van der Waals surface area contributed by atoms with Gasteiger partial charge in [-0.15, -0.1) is 0 Å². The van der Waals surface area contributed by atoms with Crippen molar-refractivity contribution in [1.29, 1.82) is 0 Å². The van der Waals surface area contributed by atoms with Crippen molar-refractivity contribution in [2.45, 2.75) is 12.7 Å². The molecule has 0 saturated carbocycles. The molecule has 1 aromatic carbocycles. The number of rotatable bonds is 1. The Balaban J connectivity index is 2.28. The van der Waals surface area contributed by atoms with Gasteiger partial charge in [-0.3, -0.25) is 4.79 Å². The van der Waals surface area contributed by atoms with Crippen LogP contribution in [0.5, 0.6) is 0 Å². The number of carbonyl (C=O) groups excluding carboxylic acids is 1. The van der Waals surface area contributed by atoms with Gasteiger partial charge in [-0.2, -0.15) is 13.2 Å². The van der Waals surface area contributed by atoms with Gasteiger partial charge in [0.25, 0.3) is 5.91 Å². The number of alkyl halides is 3. The fourth-order valence-corrected chi connectivity index (χ4v) is 2.19. The number of carbonyl (C=O) groups is 1. The molecule has 0 aromatic heterocycles. The van der Waals surface area contributed by atoms with Gasteiger partial charge in [0.1, 0.15) is 6.54 Å². The first-order valence-electron chi connectivity index (χ1n) is 4.52. The topological polar surface area (TPSA) is 20.3 Å². The van der Waals surface area contributed by atoms with Crippen LogP contribution in [0.15, 0.2) is 22.7 Å². The molecular weight excluding hydrogens is 287 g/mol. The zero-order valence-electron chi connectivity index (χ0n) is 8.01. The Hall–Kier alpha value is -1.04. The fourth-order valence-electron chi connectivity index (χ4n) is 1.70. The maximum absolute atomic E-state index is 12.2. The van der Waals surface area contributed by atoms with E-state index in [2.05, 4.69) is 15.9 Å². The van der Waals surface area contributed by atoms with Crippen LogP contribution in [0.25, 0.3) is 0 Å². The number of halogens is 4. The van der Waals surface area contributed by atoms with E-state index in [0.29, 0.717) is 15.6 Å². The van der Waals surface area contributed by atoms with Crippen LogP contribution < -0.4 is 0 Å². The molecule has 0 N–H and O–H groups in total. The molecule has 1 aliphatic heterocycles. The molecule has 86 valence electrons. The Morgan fingerprint density at radius 3 is 2.62 bits per heavy atom. The molecule has 0 fully saturated rings. The molecule has 0 bridgehead atoms. The second kappa shape index (κ2) is 3.76. The molecule has 2 rings (SSSR count). The predicted molar refractivity (Wildman–Crippen MR) is 54.9 cm³/mol. The van der Waals surface area contributed by atoms with Gasteiger partial charge in [0.15, 0.2) is 0 Å². The molecule has 1 aromatic rings. The van der Waals surface area contributed by atoms with Crippen LogP contribution in [0, 0.1) is 0 Å². The molecule has 0 spiro atoms. The van der Waals surface area contributed by atoms with E-state index in [0.717, 1.165) is 4.90 Å². The van der Waals surface area contributed by atoms with Crippen LogP contribution in [0.1, 0.15) is 15.9 Å². The third-order valence-corrected chi connectivity index (χ3v) is 3.10. The molecule has 1 aliphatic rings. The molecule has 0 atom stereocenters. The maximum Gasteiger partial charge on any atom is 0.406 e. The van der Waals surface area contributed by atoms with Gasteiger partial charge in [-0.1, -0.05) is 22.0 Å². The van der Waals surface area contributed by atoms with Gasteiger partial charge >= 0.3 is 6.18 Å². The van der Waals surface area contributed by atoms with E-state index in [1.807, 2.05) is 0 Å². The van der Waals surface area contributed by atoms with Crippen LogP contribution in [-0.4, -0.2) is 23.5 Å². The second-order valence-electron chi connectivity index (χ2n) is 3.54. The standard InChI is InChI=1S/C10H7BrF3NO/c11-8-3-1-2-6-7(8)4-15(9(6)16)5-10(12,13)14/h1-3H,4-5H2. The van der Waals surface area contributed by atoms with Crippen molar-refractivity contribution in [3.05, 3.63) is 33.8 Å². The molecule has 2 nitrogen and oxygen atoms in total. The smallest absolute Gasteiger partial charge is 0.325 e. The van der Waals surface area contributed by atoms with Crippen LogP contribution in [0.2, 0.25) is 0 Å². The Bertz CT molecular complexity index is 444. The molecule has 0 aliphatic carbocycles. The molecule has 1 heterocycles. The van der Waals surface area contributed by atoms with Gasteiger partial charge in [0, 0.05) is 16.6 Å². The highest BCUT2D eigenvalue weighted by molar-refractivity contribution is 9.10. The first kappa shape index (κ1) is 11.4. The van der Waals surface area contributed by atoms with E-state index < -0.39 is 18.6 Å². The molecule has 0 saturated heterocycles. The molecule has 6 heteroatoms.